The number of hydrogen-bond donors (Lipinski definition) is 1. The number of halogens is 1. The first-order chi connectivity index (χ1) is 8.22. The van der Waals surface area contributed by atoms with E-state index in [1.54, 1.807) is 24.3 Å². The van der Waals surface area contributed by atoms with Gasteiger partial charge >= 0.3 is 0 Å². The molecule has 1 aromatic rings. The van der Waals surface area contributed by atoms with Crippen LogP contribution in [0.25, 0.3) is 0 Å². The summed E-state index contributed by atoms with van der Waals surface area (Å²) in [5, 5.41) is 3.95. The van der Waals surface area contributed by atoms with Crippen molar-refractivity contribution in [3.63, 3.8) is 0 Å². The zero-order valence-electron chi connectivity index (χ0n) is 9.95. The maximum atomic E-state index is 12.3. The summed E-state index contributed by atoms with van der Waals surface area (Å²) in [6, 6.07) is 7.42. The van der Waals surface area contributed by atoms with Crippen LogP contribution < -0.4 is 5.32 Å². The maximum Gasteiger partial charge on any atom is 0.254 e. The molecule has 1 N–H and O–H groups in total. The van der Waals surface area contributed by atoms with Gasteiger partial charge in [0.05, 0.1) is 0 Å². The van der Waals surface area contributed by atoms with Crippen LogP contribution >= 0.6 is 11.6 Å². The van der Waals surface area contributed by atoms with Crippen LogP contribution in [0.1, 0.15) is 23.7 Å². The number of nitrogens with zero attached hydrogens (tertiary/aromatic N) is 1. The quantitative estimate of drug-likeness (QED) is 0.894. The number of carbonyl (C=O) groups is 1. The Morgan fingerprint density at radius 1 is 1.47 bits per heavy atom. The fourth-order valence-electron chi connectivity index (χ4n) is 2.23. The van der Waals surface area contributed by atoms with E-state index >= 15 is 0 Å². The minimum atomic E-state index is 0.0952. The van der Waals surface area contributed by atoms with Gasteiger partial charge in [0, 0.05) is 29.7 Å². The third-order valence-electron chi connectivity index (χ3n) is 3.17. The Balaban J connectivity index is 2.13. The molecule has 0 bridgehead atoms. The third kappa shape index (κ3) is 2.79. The second-order valence-electron chi connectivity index (χ2n) is 4.24. The van der Waals surface area contributed by atoms with Gasteiger partial charge < -0.3 is 10.2 Å². The smallest absolute Gasteiger partial charge is 0.254 e. The number of benzene rings is 1. The van der Waals surface area contributed by atoms with Crippen molar-refractivity contribution < 1.29 is 4.79 Å². The fourth-order valence-corrected chi connectivity index (χ4v) is 2.36. The molecule has 1 aliphatic rings. The second kappa shape index (κ2) is 5.52. The lowest BCUT2D eigenvalue weighted by molar-refractivity contribution is 0.0704. The van der Waals surface area contributed by atoms with Gasteiger partial charge in [-0.1, -0.05) is 11.6 Å². The van der Waals surface area contributed by atoms with Gasteiger partial charge in [-0.3, -0.25) is 4.79 Å². The zero-order chi connectivity index (χ0) is 12.3. The standard InChI is InChI=1S/C13H17ClN2O/c1-2-16(12-7-8-15-9-12)13(17)10-3-5-11(14)6-4-10/h3-6,12,15H,2,7-9H2,1H3. The number of rotatable bonds is 3. The SMILES string of the molecule is CCN(C(=O)c1ccc(Cl)cc1)C1CCNC1. The molecule has 1 unspecified atom stereocenters. The van der Waals surface area contributed by atoms with Crippen LogP contribution in [0.2, 0.25) is 5.02 Å². The van der Waals surface area contributed by atoms with Crippen molar-refractivity contribution in [1.29, 1.82) is 0 Å². The Bertz CT molecular complexity index is 385. The summed E-state index contributed by atoms with van der Waals surface area (Å²) < 4.78 is 0. The molecular formula is C13H17ClN2O. The number of carbonyl (C=O) groups excluding carboxylic acids is 1. The van der Waals surface area contributed by atoms with E-state index in [2.05, 4.69) is 5.32 Å². The predicted molar refractivity (Wildman–Crippen MR) is 69.4 cm³/mol. The second-order valence-corrected chi connectivity index (χ2v) is 4.68. The topological polar surface area (TPSA) is 32.3 Å². The van der Waals surface area contributed by atoms with Gasteiger partial charge in [0.25, 0.3) is 5.91 Å². The van der Waals surface area contributed by atoms with E-state index in [0.717, 1.165) is 26.1 Å². The Morgan fingerprint density at radius 3 is 2.71 bits per heavy atom. The van der Waals surface area contributed by atoms with E-state index in [0.29, 0.717) is 16.6 Å². The van der Waals surface area contributed by atoms with Crippen LogP contribution in [-0.2, 0) is 0 Å². The first-order valence-electron chi connectivity index (χ1n) is 5.99. The van der Waals surface area contributed by atoms with Gasteiger partial charge in [-0.25, -0.2) is 0 Å². The van der Waals surface area contributed by atoms with Crippen LogP contribution in [0.15, 0.2) is 24.3 Å². The highest BCUT2D eigenvalue weighted by Crippen LogP contribution is 2.15. The minimum Gasteiger partial charge on any atom is -0.335 e. The molecule has 2 rings (SSSR count). The molecule has 1 saturated heterocycles. The fraction of sp³-hybridized carbons (Fsp3) is 0.462. The average molecular weight is 253 g/mol. The number of nitrogens with one attached hydrogen (secondary N) is 1. The molecule has 0 radical (unpaired) electrons. The Kier molecular flexibility index (Phi) is 4.02. The molecule has 1 heterocycles. The van der Waals surface area contributed by atoms with E-state index in [4.69, 9.17) is 11.6 Å². The van der Waals surface area contributed by atoms with E-state index in [1.807, 2.05) is 11.8 Å². The lowest BCUT2D eigenvalue weighted by atomic mass is 10.1. The van der Waals surface area contributed by atoms with Gasteiger partial charge in [-0.2, -0.15) is 0 Å². The molecule has 1 aliphatic heterocycles. The molecule has 0 saturated carbocycles. The van der Waals surface area contributed by atoms with Crippen molar-refractivity contribution >= 4 is 17.5 Å². The summed E-state index contributed by atoms with van der Waals surface area (Å²) in [7, 11) is 0. The summed E-state index contributed by atoms with van der Waals surface area (Å²) in [6.07, 6.45) is 1.03. The Labute approximate surface area is 107 Å². The van der Waals surface area contributed by atoms with Crippen LogP contribution in [-0.4, -0.2) is 36.5 Å². The normalized spacial score (nSPS) is 19.3. The van der Waals surface area contributed by atoms with E-state index in [9.17, 15) is 4.79 Å². The van der Waals surface area contributed by atoms with E-state index < -0.39 is 0 Å². The van der Waals surface area contributed by atoms with Gasteiger partial charge in [-0.15, -0.1) is 0 Å². The van der Waals surface area contributed by atoms with Gasteiger partial charge in [-0.05, 0) is 44.2 Å². The molecule has 1 atom stereocenters. The molecule has 92 valence electrons. The van der Waals surface area contributed by atoms with Crippen molar-refractivity contribution in [3.05, 3.63) is 34.9 Å². The summed E-state index contributed by atoms with van der Waals surface area (Å²) in [5.74, 6) is 0.0952. The van der Waals surface area contributed by atoms with Crippen LogP contribution in [0.4, 0.5) is 0 Å². The van der Waals surface area contributed by atoms with Crippen molar-refractivity contribution in [2.45, 2.75) is 19.4 Å². The summed E-state index contributed by atoms with van der Waals surface area (Å²) in [6.45, 7) is 4.65. The van der Waals surface area contributed by atoms with Crippen molar-refractivity contribution in [2.24, 2.45) is 0 Å². The monoisotopic (exact) mass is 252 g/mol. The lowest BCUT2D eigenvalue weighted by Crippen LogP contribution is -2.41. The number of amides is 1. The zero-order valence-corrected chi connectivity index (χ0v) is 10.7. The molecule has 1 amide bonds. The van der Waals surface area contributed by atoms with E-state index in [-0.39, 0.29) is 5.91 Å². The molecule has 17 heavy (non-hydrogen) atoms. The average Bonchev–Trinajstić information content (AvgIpc) is 2.84. The molecule has 4 heteroatoms. The molecular weight excluding hydrogens is 236 g/mol. The van der Waals surface area contributed by atoms with Gasteiger partial charge in [0.15, 0.2) is 0 Å². The van der Waals surface area contributed by atoms with Gasteiger partial charge in [0.1, 0.15) is 0 Å². The highest BCUT2D eigenvalue weighted by molar-refractivity contribution is 6.30. The van der Waals surface area contributed by atoms with Crippen molar-refractivity contribution in [3.8, 4) is 0 Å². The summed E-state index contributed by atoms with van der Waals surface area (Å²) >= 11 is 5.82. The number of hydrogen-bond acceptors (Lipinski definition) is 2. The first-order valence-corrected chi connectivity index (χ1v) is 6.37. The minimum absolute atomic E-state index is 0.0952. The third-order valence-corrected chi connectivity index (χ3v) is 3.42. The van der Waals surface area contributed by atoms with Crippen LogP contribution in [0, 0.1) is 0 Å². The van der Waals surface area contributed by atoms with Crippen molar-refractivity contribution in [2.75, 3.05) is 19.6 Å². The molecule has 1 aromatic carbocycles. The summed E-state index contributed by atoms with van der Waals surface area (Å²) in [4.78, 5) is 14.3. The number of likely N-dealkylation sites (N-methyl/N-ethyl adjacent to an activating group) is 1. The van der Waals surface area contributed by atoms with E-state index in [1.165, 1.54) is 0 Å². The molecule has 0 aromatic heterocycles. The highest BCUT2D eigenvalue weighted by Gasteiger charge is 2.25. The first kappa shape index (κ1) is 12.4. The molecule has 1 fully saturated rings. The van der Waals surface area contributed by atoms with Gasteiger partial charge in [0.2, 0.25) is 0 Å². The van der Waals surface area contributed by atoms with Crippen LogP contribution in [0.3, 0.4) is 0 Å². The Hall–Kier alpha value is -1.06. The summed E-state index contributed by atoms with van der Waals surface area (Å²) in [5.41, 5.74) is 0.711. The molecule has 3 nitrogen and oxygen atoms in total. The maximum absolute atomic E-state index is 12.3. The van der Waals surface area contributed by atoms with Crippen molar-refractivity contribution in [1.82, 2.24) is 10.2 Å². The predicted octanol–water partition coefficient (Wildman–Crippen LogP) is 2.16. The van der Waals surface area contributed by atoms with Crippen LogP contribution in [0.5, 0.6) is 0 Å². The molecule has 0 spiro atoms. The largest absolute Gasteiger partial charge is 0.335 e. The molecule has 0 aliphatic carbocycles. The Morgan fingerprint density at radius 2 is 2.18 bits per heavy atom. The lowest BCUT2D eigenvalue weighted by Gasteiger charge is -2.27. The highest BCUT2D eigenvalue weighted by atomic mass is 35.5.